The van der Waals surface area contributed by atoms with E-state index in [9.17, 15) is 0 Å². The summed E-state index contributed by atoms with van der Waals surface area (Å²) < 4.78 is 6.50. The van der Waals surface area contributed by atoms with E-state index in [1.54, 1.807) is 6.20 Å². The van der Waals surface area contributed by atoms with E-state index in [4.69, 9.17) is 14.4 Å². The smallest absolute Gasteiger partial charge is 0.136 e. The van der Waals surface area contributed by atoms with Gasteiger partial charge in [0.1, 0.15) is 11.2 Å². The van der Waals surface area contributed by atoms with Crippen LogP contribution < -0.4 is 0 Å². The molecule has 0 bridgehead atoms. The van der Waals surface area contributed by atoms with Gasteiger partial charge >= 0.3 is 0 Å². The summed E-state index contributed by atoms with van der Waals surface area (Å²) in [6.45, 7) is 0. The molecule has 0 aliphatic rings. The maximum absolute atomic E-state index is 6.50. The van der Waals surface area contributed by atoms with Gasteiger partial charge in [0.05, 0.1) is 23.3 Å². The number of furan rings is 1. The Morgan fingerprint density at radius 3 is 1.90 bits per heavy atom. The third kappa shape index (κ3) is 4.94. The molecule has 0 radical (unpaired) electrons. The topological polar surface area (TPSA) is 77.6 Å². The first kappa shape index (κ1) is 28.4. The standard InChI is InChI=1S/C43H27N5O/c1-3-13-28(14-4-1)30-17-7-8-18-31(30)32-22-23-38-40(33-19-9-10-21-37(33)49-38)41(32)43-42(36-24-26-46-48-47-36)39(35-20-11-12-25-44-35)34(27-45-43)29-15-5-2-6-16-29/h1-27H. The highest BCUT2D eigenvalue weighted by Crippen LogP contribution is 2.50. The van der Waals surface area contributed by atoms with E-state index in [1.807, 2.05) is 79.1 Å². The van der Waals surface area contributed by atoms with E-state index in [1.165, 1.54) is 0 Å². The number of nitrogens with zero attached hydrogens (tertiary/aromatic N) is 5. The van der Waals surface area contributed by atoms with Gasteiger partial charge in [-0.25, -0.2) is 0 Å². The third-order valence-corrected chi connectivity index (χ3v) is 8.93. The van der Waals surface area contributed by atoms with Crippen LogP contribution in [0.2, 0.25) is 0 Å². The summed E-state index contributed by atoms with van der Waals surface area (Å²) in [7, 11) is 0. The van der Waals surface area contributed by atoms with Crippen LogP contribution in [0.4, 0.5) is 0 Å². The maximum atomic E-state index is 6.50. The molecule has 0 aliphatic carbocycles. The number of aromatic nitrogens is 5. The fraction of sp³-hybridized carbons (Fsp3) is 0. The quantitative estimate of drug-likeness (QED) is 0.182. The summed E-state index contributed by atoms with van der Waals surface area (Å²) in [5.74, 6) is 0. The summed E-state index contributed by atoms with van der Waals surface area (Å²) >= 11 is 0. The first-order chi connectivity index (χ1) is 24.3. The zero-order valence-corrected chi connectivity index (χ0v) is 26.2. The number of hydrogen-bond donors (Lipinski definition) is 0. The number of fused-ring (bicyclic) bond motifs is 3. The summed E-state index contributed by atoms with van der Waals surface area (Å²) in [6.07, 6.45) is 5.45. The van der Waals surface area contributed by atoms with E-state index in [0.717, 1.165) is 83.4 Å². The second kappa shape index (κ2) is 12.1. The van der Waals surface area contributed by atoms with Crippen molar-refractivity contribution in [2.45, 2.75) is 0 Å². The summed E-state index contributed by atoms with van der Waals surface area (Å²) in [6, 6.07) is 49.5. The molecule has 0 fully saturated rings. The summed E-state index contributed by atoms with van der Waals surface area (Å²) in [4.78, 5) is 10.2. The van der Waals surface area contributed by atoms with E-state index >= 15 is 0 Å². The van der Waals surface area contributed by atoms with Crippen LogP contribution >= 0.6 is 0 Å². The Hall–Kier alpha value is -6.79. The van der Waals surface area contributed by atoms with Gasteiger partial charge in [-0.3, -0.25) is 9.97 Å². The molecule has 9 aromatic rings. The lowest BCUT2D eigenvalue weighted by Crippen LogP contribution is -2.02. The number of rotatable bonds is 6. The van der Waals surface area contributed by atoms with Gasteiger partial charge in [-0.2, -0.15) is 0 Å². The van der Waals surface area contributed by atoms with Crippen LogP contribution in [0, 0.1) is 0 Å². The van der Waals surface area contributed by atoms with E-state index in [-0.39, 0.29) is 0 Å². The lowest BCUT2D eigenvalue weighted by atomic mass is 9.84. The maximum Gasteiger partial charge on any atom is 0.136 e. The first-order valence-corrected chi connectivity index (χ1v) is 16.1. The predicted molar refractivity (Wildman–Crippen MR) is 195 cm³/mol. The molecule has 4 heterocycles. The van der Waals surface area contributed by atoms with E-state index in [0.29, 0.717) is 5.69 Å². The molecule has 0 saturated heterocycles. The minimum Gasteiger partial charge on any atom is -0.456 e. The van der Waals surface area contributed by atoms with Gasteiger partial charge in [0.25, 0.3) is 0 Å². The second-order valence-electron chi connectivity index (χ2n) is 11.7. The zero-order valence-electron chi connectivity index (χ0n) is 26.2. The zero-order chi connectivity index (χ0) is 32.6. The number of para-hydroxylation sites is 1. The van der Waals surface area contributed by atoms with Crippen LogP contribution in [0.25, 0.3) is 89.1 Å². The normalized spacial score (nSPS) is 11.3. The molecule has 6 heteroatoms. The largest absolute Gasteiger partial charge is 0.456 e. The molecule has 0 saturated carbocycles. The van der Waals surface area contributed by atoms with Gasteiger partial charge in [-0.1, -0.05) is 109 Å². The van der Waals surface area contributed by atoms with Crippen molar-refractivity contribution in [3.8, 4) is 67.2 Å². The average Bonchev–Trinajstić information content (AvgIpc) is 3.57. The Morgan fingerprint density at radius 1 is 0.429 bits per heavy atom. The van der Waals surface area contributed by atoms with Crippen molar-refractivity contribution in [3.05, 3.63) is 164 Å². The Kier molecular flexibility index (Phi) is 7.02. The summed E-state index contributed by atoms with van der Waals surface area (Å²) in [5, 5.41) is 14.7. The molecule has 4 aromatic heterocycles. The van der Waals surface area contributed by atoms with Gasteiger partial charge in [-0.15, -0.1) is 10.2 Å². The molecular formula is C43H27N5O. The molecular weight excluding hydrogens is 603 g/mol. The molecule has 49 heavy (non-hydrogen) atoms. The lowest BCUT2D eigenvalue weighted by molar-refractivity contribution is 0.669. The van der Waals surface area contributed by atoms with Crippen LogP contribution in [-0.4, -0.2) is 25.4 Å². The van der Waals surface area contributed by atoms with E-state index in [2.05, 4.69) is 94.3 Å². The molecule has 5 aromatic carbocycles. The van der Waals surface area contributed by atoms with Crippen LogP contribution in [0.3, 0.4) is 0 Å². The van der Waals surface area contributed by atoms with Crippen molar-refractivity contribution in [2.24, 2.45) is 0 Å². The Bertz CT molecular complexity index is 2590. The molecule has 230 valence electrons. The number of hydrogen-bond acceptors (Lipinski definition) is 6. The first-order valence-electron chi connectivity index (χ1n) is 16.1. The highest BCUT2D eigenvalue weighted by Gasteiger charge is 2.27. The van der Waals surface area contributed by atoms with Crippen molar-refractivity contribution in [3.63, 3.8) is 0 Å². The number of pyridine rings is 2. The molecule has 0 spiro atoms. The van der Waals surface area contributed by atoms with Gasteiger partial charge in [0.2, 0.25) is 0 Å². The third-order valence-electron chi connectivity index (χ3n) is 8.93. The molecule has 0 unspecified atom stereocenters. The lowest BCUT2D eigenvalue weighted by Gasteiger charge is -2.21. The van der Waals surface area contributed by atoms with Crippen LogP contribution in [0.5, 0.6) is 0 Å². The average molecular weight is 630 g/mol. The Balaban J connectivity index is 1.47. The van der Waals surface area contributed by atoms with Gasteiger partial charge < -0.3 is 4.42 Å². The minimum atomic E-state index is 0.642. The molecule has 9 rings (SSSR count). The number of benzene rings is 5. The van der Waals surface area contributed by atoms with Gasteiger partial charge in [-0.05, 0) is 69.4 Å². The monoisotopic (exact) mass is 629 g/mol. The molecule has 0 N–H and O–H groups in total. The highest BCUT2D eigenvalue weighted by molar-refractivity contribution is 6.18. The second-order valence-corrected chi connectivity index (χ2v) is 11.7. The molecule has 0 aliphatic heterocycles. The van der Waals surface area contributed by atoms with Gasteiger partial charge in [0.15, 0.2) is 0 Å². The Labute approximate surface area is 282 Å². The van der Waals surface area contributed by atoms with Crippen LogP contribution in [-0.2, 0) is 0 Å². The van der Waals surface area contributed by atoms with Crippen molar-refractivity contribution >= 4 is 21.9 Å². The molecule has 6 nitrogen and oxygen atoms in total. The molecule has 0 amide bonds. The SMILES string of the molecule is c1ccc(-c2ccccc2-c2ccc3oc4ccccc4c3c2-c2ncc(-c3ccccc3)c(-c3ccccn3)c2-c2ccnnn2)cc1. The van der Waals surface area contributed by atoms with Gasteiger partial charge in [0, 0.05) is 45.4 Å². The minimum absolute atomic E-state index is 0.642. The van der Waals surface area contributed by atoms with E-state index < -0.39 is 0 Å². The highest BCUT2D eigenvalue weighted by atomic mass is 16.3. The Morgan fingerprint density at radius 2 is 1.14 bits per heavy atom. The van der Waals surface area contributed by atoms with Crippen LogP contribution in [0.15, 0.2) is 169 Å². The van der Waals surface area contributed by atoms with Crippen molar-refractivity contribution in [1.29, 1.82) is 0 Å². The van der Waals surface area contributed by atoms with Crippen molar-refractivity contribution < 1.29 is 4.42 Å². The fourth-order valence-corrected chi connectivity index (χ4v) is 6.81. The fourth-order valence-electron chi connectivity index (χ4n) is 6.81. The summed E-state index contributed by atoms with van der Waals surface area (Å²) in [5.41, 5.74) is 12.7. The molecule has 0 atom stereocenters. The van der Waals surface area contributed by atoms with Crippen molar-refractivity contribution in [1.82, 2.24) is 25.4 Å². The predicted octanol–water partition coefficient (Wildman–Crippen LogP) is 10.6. The van der Waals surface area contributed by atoms with Crippen molar-refractivity contribution in [2.75, 3.05) is 0 Å². The van der Waals surface area contributed by atoms with Crippen LogP contribution in [0.1, 0.15) is 0 Å².